The molecule has 12 heteroatoms. The average molecular weight is 753 g/mol. The van der Waals surface area contributed by atoms with Gasteiger partial charge in [-0.25, -0.2) is 13.1 Å². The fourth-order valence-electron chi connectivity index (χ4n) is 9.31. The Labute approximate surface area is 318 Å². The summed E-state index contributed by atoms with van der Waals surface area (Å²) in [5, 5.41) is 5.16. The Morgan fingerprint density at radius 1 is 0.926 bits per heavy atom. The number of aromatic nitrogens is 3. The van der Waals surface area contributed by atoms with Crippen LogP contribution in [0.25, 0.3) is 33.8 Å². The van der Waals surface area contributed by atoms with Crippen molar-refractivity contribution < 1.29 is 22.7 Å². The Kier molecular flexibility index (Phi) is 9.49. The van der Waals surface area contributed by atoms with Gasteiger partial charge < -0.3 is 14.2 Å². The molecule has 0 radical (unpaired) electrons. The van der Waals surface area contributed by atoms with E-state index in [0.29, 0.717) is 43.2 Å². The van der Waals surface area contributed by atoms with Crippen LogP contribution in [-0.2, 0) is 16.6 Å². The molecule has 2 saturated heterocycles. The molecule has 4 aromatic rings. The summed E-state index contributed by atoms with van der Waals surface area (Å²) >= 11 is 0. The minimum absolute atomic E-state index is 0.00344. The predicted octanol–water partition coefficient (Wildman–Crippen LogP) is 7.08. The summed E-state index contributed by atoms with van der Waals surface area (Å²) in [6.07, 6.45) is 11.8. The number of ether oxygens (including phenoxy) is 1. The van der Waals surface area contributed by atoms with Crippen LogP contribution >= 0.6 is 0 Å². The number of carbonyl (C=O) groups excluding carboxylic acids is 2. The summed E-state index contributed by atoms with van der Waals surface area (Å²) in [5.41, 5.74) is 7.83. The molecule has 1 aliphatic carbocycles. The average Bonchev–Trinajstić information content (AvgIpc) is 3.74. The lowest BCUT2D eigenvalue weighted by atomic mass is 9.81. The predicted molar refractivity (Wildman–Crippen MR) is 212 cm³/mol. The van der Waals surface area contributed by atoms with E-state index < -0.39 is 21.2 Å². The number of hydrogen-bond donors (Lipinski definition) is 1. The van der Waals surface area contributed by atoms with Crippen molar-refractivity contribution in [2.75, 3.05) is 27.2 Å². The van der Waals surface area contributed by atoms with Crippen molar-refractivity contribution >= 4 is 44.4 Å². The van der Waals surface area contributed by atoms with Gasteiger partial charge in [0.15, 0.2) is 0 Å². The molecule has 2 bridgehead atoms. The lowest BCUT2D eigenvalue weighted by Crippen LogP contribution is -2.53. The van der Waals surface area contributed by atoms with Crippen LogP contribution in [0.1, 0.15) is 122 Å². The van der Waals surface area contributed by atoms with E-state index in [-0.39, 0.29) is 17.5 Å². The van der Waals surface area contributed by atoms with Crippen molar-refractivity contribution in [1.29, 1.82) is 0 Å². The number of nitrogens with one attached hydrogen (secondary N) is 1. The van der Waals surface area contributed by atoms with Gasteiger partial charge in [0.1, 0.15) is 5.75 Å². The van der Waals surface area contributed by atoms with Crippen LogP contribution in [0.5, 0.6) is 5.75 Å². The van der Waals surface area contributed by atoms with Crippen LogP contribution < -0.4 is 9.46 Å². The van der Waals surface area contributed by atoms with Crippen LogP contribution in [0.2, 0.25) is 0 Å². The van der Waals surface area contributed by atoms with E-state index in [2.05, 4.69) is 53.3 Å². The van der Waals surface area contributed by atoms with E-state index >= 15 is 0 Å². The largest absolute Gasteiger partial charge is 0.497 e. The fraction of sp³-hybridized carbons (Fsp3) is 0.500. The molecule has 2 unspecified atom stereocenters. The molecule has 286 valence electrons. The van der Waals surface area contributed by atoms with Crippen molar-refractivity contribution in [2.45, 2.75) is 108 Å². The highest BCUT2D eigenvalue weighted by Gasteiger charge is 2.41. The Bertz CT molecular complexity index is 2260. The Morgan fingerprint density at radius 3 is 2.31 bits per heavy atom. The molecule has 4 aliphatic rings. The third-order valence-electron chi connectivity index (χ3n) is 12.4. The first-order valence-corrected chi connectivity index (χ1v) is 21.1. The number of rotatable bonds is 8. The zero-order chi connectivity index (χ0) is 38.1. The van der Waals surface area contributed by atoms with Crippen molar-refractivity contribution in [1.82, 2.24) is 28.9 Å². The van der Waals surface area contributed by atoms with Gasteiger partial charge in [0, 0.05) is 53.2 Å². The third kappa shape index (κ3) is 6.24. The number of nitrogens with zero attached hydrogens (tertiary/aromatic N) is 5. The first kappa shape index (κ1) is 36.6. The summed E-state index contributed by atoms with van der Waals surface area (Å²) < 4.78 is 37.9. The molecule has 0 spiro atoms. The first-order valence-electron chi connectivity index (χ1n) is 19.6. The SMILES string of the molecule is COc1ccc2c(c1)C=C(c1c(C(=O)N3CC4CCC(C3)N4C)cnn1C(C)C)Cn1c-2c(C2CCCCC2)c2ccc(C(=O)NS(=O)(=O)C(C)C)cc21. The lowest BCUT2D eigenvalue weighted by Gasteiger charge is -2.38. The molecule has 2 aromatic carbocycles. The van der Waals surface area contributed by atoms with Crippen molar-refractivity contribution in [3.8, 4) is 17.0 Å². The molecule has 1 saturated carbocycles. The van der Waals surface area contributed by atoms with Crippen LogP contribution in [0.3, 0.4) is 0 Å². The van der Waals surface area contributed by atoms with Gasteiger partial charge in [0.05, 0.1) is 42.1 Å². The molecule has 2 amide bonds. The van der Waals surface area contributed by atoms with Gasteiger partial charge >= 0.3 is 0 Å². The molecule has 3 fully saturated rings. The minimum atomic E-state index is -3.84. The zero-order valence-corrected chi connectivity index (χ0v) is 33.1. The van der Waals surface area contributed by atoms with E-state index in [1.54, 1.807) is 33.2 Å². The summed E-state index contributed by atoms with van der Waals surface area (Å²) in [6.45, 7) is 9.09. The number of likely N-dealkylation sites (tertiary alicyclic amines) is 1. The highest BCUT2D eigenvalue weighted by molar-refractivity contribution is 7.90. The number of benzene rings is 2. The van der Waals surface area contributed by atoms with E-state index in [0.717, 1.165) is 83.3 Å². The van der Waals surface area contributed by atoms with E-state index in [1.807, 2.05) is 27.8 Å². The van der Waals surface area contributed by atoms with Gasteiger partial charge in [-0.15, -0.1) is 0 Å². The molecule has 8 rings (SSSR count). The van der Waals surface area contributed by atoms with Crippen LogP contribution in [0.4, 0.5) is 0 Å². The Morgan fingerprint density at radius 2 is 1.65 bits per heavy atom. The first-order chi connectivity index (χ1) is 25.9. The third-order valence-corrected chi connectivity index (χ3v) is 14.1. The second-order valence-corrected chi connectivity index (χ2v) is 18.5. The summed E-state index contributed by atoms with van der Waals surface area (Å²) in [7, 11) is 0.0119. The second kappa shape index (κ2) is 14.0. The summed E-state index contributed by atoms with van der Waals surface area (Å²) in [5.74, 6) is 0.409. The van der Waals surface area contributed by atoms with E-state index in [4.69, 9.17) is 9.84 Å². The highest BCUT2D eigenvalue weighted by atomic mass is 32.2. The number of amides is 2. The Hall–Kier alpha value is -4.42. The topological polar surface area (TPSA) is 119 Å². The number of fused-ring (bicyclic) bond motifs is 7. The summed E-state index contributed by atoms with van der Waals surface area (Å²) in [6, 6.07) is 12.5. The Balaban J connectivity index is 1.33. The van der Waals surface area contributed by atoms with Gasteiger partial charge in [0.25, 0.3) is 11.8 Å². The lowest BCUT2D eigenvalue weighted by molar-refractivity contribution is 0.0523. The van der Waals surface area contributed by atoms with E-state index in [9.17, 15) is 18.0 Å². The van der Waals surface area contributed by atoms with Crippen LogP contribution in [0.15, 0.2) is 42.6 Å². The van der Waals surface area contributed by atoms with Crippen molar-refractivity contribution in [2.24, 2.45) is 0 Å². The highest BCUT2D eigenvalue weighted by Crippen LogP contribution is 2.48. The minimum Gasteiger partial charge on any atom is -0.497 e. The molecule has 5 heterocycles. The molecular weight excluding hydrogens is 701 g/mol. The molecular formula is C42H52N6O5S. The zero-order valence-electron chi connectivity index (χ0n) is 32.3. The van der Waals surface area contributed by atoms with Gasteiger partial charge in [0.2, 0.25) is 10.0 Å². The molecule has 54 heavy (non-hydrogen) atoms. The van der Waals surface area contributed by atoms with Crippen molar-refractivity contribution in [3.63, 3.8) is 0 Å². The molecule has 2 atom stereocenters. The fourth-order valence-corrected chi connectivity index (χ4v) is 9.92. The maximum atomic E-state index is 14.6. The van der Waals surface area contributed by atoms with E-state index in [1.165, 1.54) is 12.0 Å². The molecule has 1 N–H and O–H groups in total. The number of methoxy groups -OCH3 is 1. The maximum absolute atomic E-state index is 14.6. The van der Waals surface area contributed by atoms with Crippen LogP contribution in [-0.4, -0.2) is 89.0 Å². The molecule has 3 aliphatic heterocycles. The quantitative estimate of drug-likeness (QED) is 0.204. The van der Waals surface area contributed by atoms with Gasteiger partial charge in [-0.1, -0.05) is 25.3 Å². The van der Waals surface area contributed by atoms with Crippen molar-refractivity contribution in [3.05, 3.63) is 70.5 Å². The summed E-state index contributed by atoms with van der Waals surface area (Å²) in [4.78, 5) is 32.6. The standard InChI is InChI=1S/C42H52N6O5S/c1-25(2)48-39(36(21-43-48)42(50)46-23-31-13-14-32(24-46)45(31)5)30-18-29-19-33(53-6)15-17-34(29)40-38(27-10-8-7-9-11-27)35-16-12-28(20-37(35)47(40)22-30)41(49)44-54(51,52)26(3)4/h12,15-21,25-27,31-32H,7-11,13-14,22-24H2,1-6H3,(H,44,49). The number of hydrogen-bond acceptors (Lipinski definition) is 7. The van der Waals surface area contributed by atoms with Gasteiger partial charge in [-0.2, -0.15) is 5.10 Å². The molecule has 11 nitrogen and oxygen atoms in total. The number of piperazine rings is 1. The maximum Gasteiger partial charge on any atom is 0.264 e. The number of allylic oxidation sites excluding steroid dienone is 1. The number of sulfonamides is 1. The number of likely N-dealkylation sites (N-methyl/N-ethyl adjacent to an activating group) is 1. The smallest absolute Gasteiger partial charge is 0.264 e. The normalized spacial score (nSPS) is 20.6. The number of carbonyl (C=O) groups is 2. The second-order valence-electron chi connectivity index (χ2n) is 16.3. The van der Waals surface area contributed by atoms with Gasteiger partial charge in [-0.3, -0.25) is 19.2 Å². The van der Waals surface area contributed by atoms with Crippen LogP contribution in [0, 0.1) is 0 Å². The molecule has 2 aromatic heterocycles. The monoisotopic (exact) mass is 752 g/mol. The van der Waals surface area contributed by atoms with Gasteiger partial charge in [-0.05, 0) is 119 Å².